The van der Waals surface area contributed by atoms with Crippen LogP contribution in [0.3, 0.4) is 0 Å². The lowest BCUT2D eigenvalue weighted by molar-refractivity contribution is 0.00559. The van der Waals surface area contributed by atoms with E-state index in [0.29, 0.717) is 51.6 Å². The summed E-state index contributed by atoms with van der Waals surface area (Å²) in [5.74, 6) is -8.76. The van der Waals surface area contributed by atoms with Crippen molar-refractivity contribution in [3.05, 3.63) is 196 Å². The predicted molar refractivity (Wildman–Crippen MR) is 310 cm³/mol. The summed E-state index contributed by atoms with van der Waals surface area (Å²) >= 11 is 2.02. The molecular formula is C61H57F4IN10O10. The minimum Gasteiger partial charge on any atom is -0.477 e. The van der Waals surface area contributed by atoms with E-state index in [0.717, 1.165) is 68.4 Å². The summed E-state index contributed by atoms with van der Waals surface area (Å²) in [7, 11) is 0. The monoisotopic (exact) mass is 1290 g/mol. The Hall–Kier alpha value is -9.14. The summed E-state index contributed by atoms with van der Waals surface area (Å²) in [6, 6.07) is 15.3. The third-order valence-electron chi connectivity index (χ3n) is 14.2. The van der Waals surface area contributed by atoms with Gasteiger partial charge in [-0.05, 0) is 185 Å². The third kappa shape index (κ3) is 13.4. The van der Waals surface area contributed by atoms with Crippen LogP contribution in [-0.2, 0) is 35.4 Å². The molecule has 2 aliphatic rings. The lowest BCUT2D eigenvalue weighted by Crippen LogP contribution is -2.31. The SMILES string of the molecule is Cc1c(C(=O)OC(C)(C)C)ccc2c1CC[C@@H]2NC(=O)c1cc(C(=O)NCc2ccc(F)c(F)c2)nc2c(C(=O)O)cnn12.Cc1c(C(=O)OC(C)(C)C)ccc2c1CC[C@@H]2NC(=O)c1cc(C(=O)NCc2ccc(F)c(F)c2)nc2c(I)cnn12. The average Bonchev–Trinajstić information content (AvgIpc) is 2.00. The molecule has 8 aromatic rings. The Labute approximate surface area is 502 Å². The van der Waals surface area contributed by atoms with Crippen molar-refractivity contribution in [1.82, 2.24) is 50.5 Å². The van der Waals surface area contributed by atoms with Gasteiger partial charge >= 0.3 is 17.9 Å². The fraction of sp³-hybridized carbons (Fsp3) is 0.295. The van der Waals surface area contributed by atoms with Crippen molar-refractivity contribution in [2.24, 2.45) is 0 Å². The standard InChI is InChI=1S/C31H29F2N5O6.C30H28F2IN5O4/c1-15-17-8-10-23(19(17)7-6-18(15)30(43)44-31(2,3)4)37-28(40)25-12-24(36-26-20(29(41)42)14-35-38(25)26)27(39)34-13-16-5-9-21(32)22(33)11-16;1-15-17-8-10-23(19(17)7-6-18(15)29(41)42-30(2,3)4)37-28(40)25-12-24(36-26-22(33)14-35-38(25)26)27(39)34-13-16-5-9-20(31)21(32)11-16/h5-7,9,11-12,14,23H,8,10,13H2,1-4H3,(H,34,39)(H,37,40)(H,41,42);5-7,9,11-12,14,23H,8,10,13H2,1-4H3,(H,34,39)(H,37,40)/t2*23-/m00/s1. The Morgan fingerprint density at radius 3 is 1.41 bits per heavy atom. The van der Waals surface area contributed by atoms with Gasteiger partial charge in [0.05, 0.1) is 39.2 Å². The van der Waals surface area contributed by atoms with Crippen LogP contribution in [0.1, 0.15) is 184 Å². The molecule has 10 rings (SSSR count). The maximum absolute atomic E-state index is 13.6. The van der Waals surface area contributed by atoms with Gasteiger partial charge in [0, 0.05) is 25.2 Å². The molecule has 0 unspecified atom stereocenters. The molecule has 0 fully saturated rings. The number of carbonyl (C=O) groups is 7. The Kier molecular flexibility index (Phi) is 17.5. The summed E-state index contributed by atoms with van der Waals surface area (Å²) in [6.07, 6.45) is 5.00. The third-order valence-corrected chi connectivity index (χ3v) is 14.9. The summed E-state index contributed by atoms with van der Waals surface area (Å²) in [4.78, 5) is 99.0. The van der Waals surface area contributed by atoms with E-state index in [2.05, 4.69) is 41.4 Å². The first kappa shape index (κ1) is 61.4. The highest BCUT2D eigenvalue weighted by molar-refractivity contribution is 14.1. The zero-order chi connectivity index (χ0) is 62.3. The molecule has 4 heterocycles. The van der Waals surface area contributed by atoms with Gasteiger partial charge in [0.1, 0.15) is 39.5 Å². The van der Waals surface area contributed by atoms with Gasteiger partial charge in [-0.1, -0.05) is 24.3 Å². The second kappa shape index (κ2) is 24.5. The number of nitrogens with one attached hydrogen (secondary N) is 4. The quantitative estimate of drug-likeness (QED) is 0.0409. The van der Waals surface area contributed by atoms with Crippen molar-refractivity contribution in [3.8, 4) is 0 Å². The number of esters is 2. The molecule has 20 nitrogen and oxygen atoms in total. The van der Waals surface area contributed by atoms with Crippen LogP contribution in [0.25, 0.3) is 11.3 Å². The zero-order valence-corrected chi connectivity index (χ0v) is 49.8. The fourth-order valence-electron chi connectivity index (χ4n) is 10.1. The Balaban J connectivity index is 0.000000206. The van der Waals surface area contributed by atoms with Crippen LogP contribution in [-0.4, -0.2) is 87.0 Å². The van der Waals surface area contributed by atoms with Crippen LogP contribution in [0, 0.1) is 40.7 Å². The highest BCUT2D eigenvalue weighted by Gasteiger charge is 2.33. The number of aromatic nitrogens is 6. The van der Waals surface area contributed by atoms with E-state index in [9.17, 15) is 56.2 Å². The summed E-state index contributed by atoms with van der Waals surface area (Å²) in [5.41, 5.74) is 4.97. The highest BCUT2D eigenvalue weighted by atomic mass is 127. The van der Waals surface area contributed by atoms with E-state index in [4.69, 9.17) is 9.47 Å². The molecule has 86 heavy (non-hydrogen) atoms. The van der Waals surface area contributed by atoms with Crippen molar-refractivity contribution < 1.29 is 65.7 Å². The number of benzene rings is 4. The number of fused-ring (bicyclic) bond motifs is 4. The first-order valence-electron chi connectivity index (χ1n) is 27.0. The first-order chi connectivity index (χ1) is 40.5. The normalized spacial score (nSPS) is 14.4. The second-order valence-corrected chi connectivity index (χ2v) is 23.6. The Bertz CT molecular complexity index is 4120. The van der Waals surface area contributed by atoms with E-state index in [1.54, 1.807) is 39.0 Å². The van der Waals surface area contributed by atoms with Gasteiger partial charge in [0.15, 0.2) is 34.6 Å². The summed E-state index contributed by atoms with van der Waals surface area (Å²) < 4.78 is 67.8. The van der Waals surface area contributed by atoms with Crippen molar-refractivity contribution in [1.29, 1.82) is 0 Å². The van der Waals surface area contributed by atoms with Crippen molar-refractivity contribution >= 4 is 75.4 Å². The van der Waals surface area contributed by atoms with Gasteiger partial charge in [-0.15, -0.1) is 0 Å². The molecule has 0 saturated carbocycles. The molecule has 0 radical (unpaired) electrons. The van der Waals surface area contributed by atoms with E-state index in [1.165, 1.54) is 35.0 Å². The van der Waals surface area contributed by atoms with Gasteiger partial charge in [-0.3, -0.25) is 19.2 Å². The smallest absolute Gasteiger partial charge is 0.341 e. The van der Waals surface area contributed by atoms with Crippen LogP contribution >= 0.6 is 22.6 Å². The first-order valence-corrected chi connectivity index (χ1v) is 28.1. The van der Waals surface area contributed by atoms with Crippen LogP contribution in [0.5, 0.6) is 0 Å². The number of aromatic carboxylic acids is 1. The molecule has 5 N–H and O–H groups in total. The highest BCUT2D eigenvalue weighted by Crippen LogP contribution is 2.37. The number of halogens is 5. The number of ether oxygens (including phenoxy) is 2. The number of amides is 4. The van der Waals surface area contributed by atoms with Crippen molar-refractivity contribution in [3.63, 3.8) is 0 Å². The molecule has 446 valence electrons. The molecule has 0 spiro atoms. The average molecular weight is 1290 g/mol. The lowest BCUT2D eigenvalue weighted by Gasteiger charge is -2.21. The van der Waals surface area contributed by atoms with Crippen molar-refractivity contribution in [2.75, 3.05) is 0 Å². The van der Waals surface area contributed by atoms with Gasteiger partial charge < -0.3 is 35.8 Å². The molecule has 0 aliphatic heterocycles. The number of hydrogen-bond acceptors (Lipinski definition) is 13. The predicted octanol–water partition coefficient (Wildman–Crippen LogP) is 9.54. The molecule has 2 aliphatic carbocycles. The number of carboxylic acids is 1. The topological polar surface area (TPSA) is 267 Å². The van der Waals surface area contributed by atoms with Crippen LogP contribution in [0.2, 0.25) is 0 Å². The number of rotatable bonds is 13. The molecule has 4 aromatic carbocycles. The number of carbonyl (C=O) groups excluding carboxylic acids is 6. The summed E-state index contributed by atoms with van der Waals surface area (Å²) in [5, 5.41) is 29.0. The number of hydrogen-bond donors (Lipinski definition) is 5. The van der Waals surface area contributed by atoms with Crippen LogP contribution in [0.15, 0.2) is 85.2 Å². The zero-order valence-electron chi connectivity index (χ0n) is 47.7. The summed E-state index contributed by atoms with van der Waals surface area (Å²) in [6.45, 7) is 14.3. The van der Waals surface area contributed by atoms with Gasteiger partial charge in [0.2, 0.25) is 0 Å². The second-order valence-electron chi connectivity index (χ2n) is 22.5. The fourth-order valence-corrected chi connectivity index (χ4v) is 10.6. The number of carboxylic acid groups (broad SMARTS) is 1. The van der Waals surface area contributed by atoms with Gasteiger partial charge in [-0.25, -0.2) is 50.9 Å². The minimum absolute atomic E-state index is 0.0293. The maximum atomic E-state index is 13.6. The van der Waals surface area contributed by atoms with Crippen LogP contribution < -0.4 is 21.3 Å². The Morgan fingerprint density at radius 1 is 0.570 bits per heavy atom. The van der Waals surface area contributed by atoms with E-state index < -0.39 is 82.0 Å². The van der Waals surface area contributed by atoms with Crippen molar-refractivity contribution in [2.45, 2.75) is 117 Å². The van der Waals surface area contributed by atoms with E-state index in [1.807, 2.05) is 63.3 Å². The molecule has 0 bridgehead atoms. The van der Waals surface area contributed by atoms with Crippen LogP contribution in [0.4, 0.5) is 17.6 Å². The largest absolute Gasteiger partial charge is 0.477 e. The molecule has 4 aromatic heterocycles. The molecular weight excluding hydrogens is 1240 g/mol. The lowest BCUT2D eigenvalue weighted by atomic mass is 9.97. The maximum Gasteiger partial charge on any atom is 0.341 e. The molecule has 4 amide bonds. The molecule has 2 atom stereocenters. The minimum atomic E-state index is -1.36. The Morgan fingerprint density at radius 2 is 0.988 bits per heavy atom. The van der Waals surface area contributed by atoms with E-state index in [-0.39, 0.29) is 58.7 Å². The molecule has 25 heteroatoms. The number of nitrogens with zero attached hydrogens (tertiary/aromatic N) is 6. The van der Waals surface area contributed by atoms with Gasteiger partial charge in [0.25, 0.3) is 23.6 Å². The van der Waals surface area contributed by atoms with E-state index >= 15 is 0 Å². The molecule has 0 saturated heterocycles. The van der Waals surface area contributed by atoms with Gasteiger partial charge in [-0.2, -0.15) is 10.2 Å².